The molecule has 1 aliphatic heterocycles. The molecule has 0 aromatic heterocycles. The van der Waals surface area contributed by atoms with Crippen LogP contribution < -0.4 is 10.5 Å². The van der Waals surface area contributed by atoms with E-state index in [2.05, 4.69) is 18.7 Å². The predicted molar refractivity (Wildman–Crippen MR) is 84.8 cm³/mol. The minimum Gasteiger partial charge on any atom is -0.489 e. The molecule has 112 valence electrons. The van der Waals surface area contributed by atoms with Gasteiger partial charge >= 0.3 is 0 Å². The molecule has 1 aliphatic rings. The number of piperidine rings is 1. The Morgan fingerprint density at radius 3 is 2.60 bits per heavy atom. The molecule has 0 bridgehead atoms. The normalized spacial score (nSPS) is 22.8. The molecule has 3 nitrogen and oxygen atoms in total. The first-order valence-corrected chi connectivity index (χ1v) is 7.70. The number of nitrogens with zero attached hydrogens (tertiary/aromatic N) is 1. The van der Waals surface area contributed by atoms with Gasteiger partial charge in [-0.1, -0.05) is 43.1 Å². The van der Waals surface area contributed by atoms with Crippen LogP contribution in [-0.2, 0) is 0 Å². The quantitative estimate of drug-likeness (QED) is 0.924. The van der Waals surface area contributed by atoms with Gasteiger partial charge in [0.05, 0.1) is 10.0 Å². The molecule has 1 fully saturated rings. The minimum atomic E-state index is 0.153. The second kappa shape index (κ2) is 6.52. The van der Waals surface area contributed by atoms with E-state index in [0.29, 0.717) is 22.4 Å². The van der Waals surface area contributed by atoms with Crippen molar-refractivity contribution in [2.24, 2.45) is 11.1 Å². The van der Waals surface area contributed by atoms with Gasteiger partial charge in [0.25, 0.3) is 0 Å². The number of rotatable bonds is 4. The van der Waals surface area contributed by atoms with Crippen LogP contribution in [0.15, 0.2) is 18.2 Å². The fourth-order valence-corrected chi connectivity index (χ4v) is 3.08. The van der Waals surface area contributed by atoms with Crippen molar-refractivity contribution in [2.75, 3.05) is 26.2 Å². The van der Waals surface area contributed by atoms with E-state index in [4.69, 9.17) is 33.7 Å². The lowest BCUT2D eigenvalue weighted by atomic mass is 9.80. The zero-order valence-corrected chi connectivity index (χ0v) is 13.5. The fraction of sp³-hybridized carbons (Fsp3) is 0.600. The van der Waals surface area contributed by atoms with Crippen LogP contribution in [0.5, 0.6) is 5.75 Å². The van der Waals surface area contributed by atoms with E-state index in [1.165, 1.54) is 0 Å². The summed E-state index contributed by atoms with van der Waals surface area (Å²) in [6.45, 7) is 7.88. The van der Waals surface area contributed by atoms with Crippen molar-refractivity contribution in [3.05, 3.63) is 28.2 Å². The highest BCUT2D eigenvalue weighted by Gasteiger charge is 2.33. The number of likely N-dealkylation sites (tertiary alicyclic amines) is 1. The van der Waals surface area contributed by atoms with Crippen LogP contribution in [0.25, 0.3) is 0 Å². The van der Waals surface area contributed by atoms with Crippen molar-refractivity contribution < 1.29 is 4.74 Å². The average Bonchev–Trinajstić information content (AvgIpc) is 2.37. The summed E-state index contributed by atoms with van der Waals surface area (Å²) in [5, 5.41) is 1.11. The molecule has 20 heavy (non-hydrogen) atoms. The highest BCUT2D eigenvalue weighted by molar-refractivity contribution is 6.37. The molecule has 1 atom stereocenters. The minimum absolute atomic E-state index is 0.153. The molecule has 0 amide bonds. The van der Waals surface area contributed by atoms with E-state index in [-0.39, 0.29) is 11.5 Å². The maximum absolute atomic E-state index is 6.14. The van der Waals surface area contributed by atoms with Gasteiger partial charge in [0.15, 0.2) is 5.75 Å². The Hall–Kier alpha value is -0.480. The molecular weight excluding hydrogens is 295 g/mol. The molecule has 2 N–H and O–H groups in total. The summed E-state index contributed by atoms with van der Waals surface area (Å²) in [4.78, 5) is 2.38. The summed E-state index contributed by atoms with van der Waals surface area (Å²) in [7, 11) is 0. The molecule has 1 heterocycles. The van der Waals surface area contributed by atoms with Crippen LogP contribution in [0, 0.1) is 5.41 Å². The van der Waals surface area contributed by atoms with Crippen molar-refractivity contribution in [3.63, 3.8) is 0 Å². The van der Waals surface area contributed by atoms with Gasteiger partial charge in [0.2, 0.25) is 0 Å². The smallest absolute Gasteiger partial charge is 0.156 e. The molecule has 0 spiro atoms. The first kappa shape index (κ1) is 15.9. The second-order valence-electron chi connectivity index (χ2n) is 6.06. The maximum atomic E-state index is 6.14. The topological polar surface area (TPSA) is 38.5 Å². The molecule has 0 saturated carbocycles. The zero-order chi connectivity index (χ0) is 14.8. The van der Waals surface area contributed by atoms with Crippen molar-refractivity contribution in [1.82, 2.24) is 4.90 Å². The summed E-state index contributed by atoms with van der Waals surface area (Å²) in [6, 6.07) is 5.65. The lowest BCUT2D eigenvalue weighted by Crippen LogP contribution is -2.53. The van der Waals surface area contributed by atoms with Crippen molar-refractivity contribution in [2.45, 2.75) is 26.3 Å². The third kappa shape index (κ3) is 3.79. The van der Waals surface area contributed by atoms with E-state index in [1.54, 1.807) is 12.1 Å². The third-order valence-electron chi connectivity index (χ3n) is 3.96. The van der Waals surface area contributed by atoms with Crippen molar-refractivity contribution in [1.29, 1.82) is 0 Å². The van der Waals surface area contributed by atoms with Gasteiger partial charge in [-0.3, -0.25) is 4.90 Å². The maximum Gasteiger partial charge on any atom is 0.156 e. The van der Waals surface area contributed by atoms with Crippen LogP contribution in [0.3, 0.4) is 0 Å². The molecule has 1 aromatic carbocycles. The second-order valence-corrected chi connectivity index (χ2v) is 6.87. The van der Waals surface area contributed by atoms with E-state index < -0.39 is 0 Å². The monoisotopic (exact) mass is 316 g/mol. The molecule has 1 aromatic rings. The molecular formula is C15H22Cl2N2O. The highest BCUT2D eigenvalue weighted by Crippen LogP contribution is 2.32. The Kier molecular flexibility index (Phi) is 5.19. The Labute approximate surface area is 131 Å². The third-order valence-corrected chi connectivity index (χ3v) is 4.56. The Balaban J connectivity index is 1.85. The van der Waals surface area contributed by atoms with E-state index in [1.807, 2.05) is 6.07 Å². The molecule has 1 unspecified atom stereocenters. The van der Waals surface area contributed by atoms with Crippen LogP contribution in [-0.4, -0.2) is 37.2 Å². The van der Waals surface area contributed by atoms with E-state index in [0.717, 1.165) is 26.1 Å². The van der Waals surface area contributed by atoms with Crippen LogP contribution in [0.2, 0.25) is 10.0 Å². The fourth-order valence-electron chi connectivity index (χ4n) is 2.57. The number of benzene rings is 1. The Bertz CT molecular complexity index is 445. The summed E-state index contributed by atoms with van der Waals surface area (Å²) >= 11 is 12.2. The predicted octanol–water partition coefficient (Wildman–Crippen LogP) is 3.43. The molecule has 5 heteroatoms. The number of ether oxygens (including phenoxy) is 1. The van der Waals surface area contributed by atoms with E-state index >= 15 is 0 Å². The number of nitrogens with two attached hydrogens (primary N) is 1. The van der Waals surface area contributed by atoms with Crippen molar-refractivity contribution in [3.8, 4) is 5.75 Å². The average molecular weight is 317 g/mol. The lowest BCUT2D eigenvalue weighted by molar-refractivity contribution is 0.0831. The first-order valence-electron chi connectivity index (χ1n) is 6.95. The number of para-hydroxylation sites is 1. The van der Waals surface area contributed by atoms with Gasteiger partial charge in [-0.2, -0.15) is 0 Å². The van der Waals surface area contributed by atoms with Crippen LogP contribution >= 0.6 is 23.2 Å². The SMILES string of the molecule is CC1(C)CN(CCOc2c(Cl)cccc2Cl)CCC1N. The highest BCUT2D eigenvalue weighted by atomic mass is 35.5. The lowest BCUT2D eigenvalue weighted by Gasteiger charge is -2.42. The summed E-state index contributed by atoms with van der Waals surface area (Å²) < 4.78 is 5.73. The molecule has 0 aliphatic carbocycles. The van der Waals surface area contributed by atoms with Gasteiger partial charge < -0.3 is 10.5 Å². The van der Waals surface area contributed by atoms with Crippen LogP contribution in [0.4, 0.5) is 0 Å². The summed E-state index contributed by atoms with van der Waals surface area (Å²) in [6.07, 6.45) is 1.03. The van der Waals surface area contributed by atoms with Gasteiger partial charge in [0.1, 0.15) is 6.61 Å². The first-order chi connectivity index (χ1) is 9.40. The van der Waals surface area contributed by atoms with Gasteiger partial charge in [0, 0.05) is 19.1 Å². The summed E-state index contributed by atoms with van der Waals surface area (Å²) in [5.41, 5.74) is 6.29. The van der Waals surface area contributed by atoms with Gasteiger partial charge in [-0.05, 0) is 30.5 Å². The number of hydrogen-bond donors (Lipinski definition) is 1. The number of halogens is 2. The van der Waals surface area contributed by atoms with Crippen molar-refractivity contribution >= 4 is 23.2 Å². The molecule has 0 radical (unpaired) electrons. The molecule has 2 rings (SSSR count). The van der Waals surface area contributed by atoms with Gasteiger partial charge in [-0.25, -0.2) is 0 Å². The summed E-state index contributed by atoms with van der Waals surface area (Å²) in [5.74, 6) is 0.573. The van der Waals surface area contributed by atoms with Gasteiger partial charge in [-0.15, -0.1) is 0 Å². The molecule has 1 saturated heterocycles. The number of hydrogen-bond acceptors (Lipinski definition) is 3. The standard InChI is InChI=1S/C15H22Cl2N2O/c1-15(2)10-19(7-6-13(15)18)8-9-20-14-11(16)4-3-5-12(14)17/h3-5,13H,6-10,18H2,1-2H3. The van der Waals surface area contributed by atoms with Crippen LogP contribution in [0.1, 0.15) is 20.3 Å². The van der Waals surface area contributed by atoms with E-state index in [9.17, 15) is 0 Å². The Morgan fingerprint density at radius 2 is 2.00 bits per heavy atom. The Morgan fingerprint density at radius 1 is 1.35 bits per heavy atom. The zero-order valence-electron chi connectivity index (χ0n) is 12.0. The largest absolute Gasteiger partial charge is 0.489 e.